The fraction of sp³-hybridized carbons (Fsp3) is 0.240. The summed E-state index contributed by atoms with van der Waals surface area (Å²) in [5.74, 6) is -2.14. The Hall–Kier alpha value is -3.87. The number of esters is 1. The number of benzene rings is 2. The number of aromatic hydroxyl groups is 2. The third kappa shape index (κ3) is 5.43. The highest BCUT2D eigenvalue weighted by molar-refractivity contribution is 6.52. The predicted octanol–water partition coefficient (Wildman–Crippen LogP) is 4.66. The number of allylic oxidation sites excluding steroid dienone is 3. The minimum atomic E-state index is -0.608. The van der Waals surface area contributed by atoms with Crippen LogP contribution < -0.4 is 0 Å². The van der Waals surface area contributed by atoms with Gasteiger partial charge in [-0.1, -0.05) is 35.9 Å². The van der Waals surface area contributed by atoms with Crippen molar-refractivity contribution in [1.29, 1.82) is 0 Å². The van der Waals surface area contributed by atoms with E-state index in [1.807, 2.05) is 19.9 Å². The van der Waals surface area contributed by atoms with Crippen molar-refractivity contribution < 1.29 is 34.4 Å². The monoisotopic (exact) mass is 438 g/mol. The van der Waals surface area contributed by atoms with Gasteiger partial charge in [0.2, 0.25) is 11.6 Å². The molecule has 2 aromatic rings. The number of phenolic OH excluding ortho intramolecular Hbond substituents is 2. The van der Waals surface area contributed by atoms with Crippen molar-refractivity contribution in [2.75, 3.05) is 6.61 Å². The van der Waals surface area contributed by atoms with E-state index < -0.39 is 17.5 Å². The highest BCUT2D eigenvalue weighted by Gasteiger charge is 2.31. The Morgan fingerprint density at radius 2 is 1.62 bits per heavy atom. The average Bonchev–Trinajstić information content (AvgIpc) is 2.72. The van der Waals surface area contributed by atoms with Crippen LogP contribution in [0, 0.1) is 6.92 Å². The number of aliphatic hydroxyl groups excluding tert-OH is 1. The molecule has 0 aromatic heterocycles. The molecule has 3 N–H and O–H groups in total. The molecule has 0 amide bonds. The number of phenols is 2. The summed E-state index contributed by atoms with van der Waals surface area (Å²) in [5.41, 5.74) is 2.53. The molecule has 32 heavy (non-hydrogen) atoms. The van der Waals surface area contributed by atoms with E-state index in [1.54, 1.807) is 38.1 Å². The van der Waals surface area contributed by atoms with Crippen molar-refractivity contribution in [2.45, 2.75) is 34.1 Å². The van der Waals surface area contributed by atoms with Crippen LogP contribution in [0.3, 0.4) is 0 Å². The van der Waals surface area contributed by atoms with Gasteiger partial charge in [-0.3, -0.25) is 9.59 Å². The van der Waals surface area contributed by atoms with Gasteiger partial charge in [0.1, 0.15) is 22.8 Å². The van der Waals surface area contributed by atoms with Gasteiger partial charge in [-0.05, 0) is 45.7 Å². The van der Waals surface area contributed by atoms with E-state index in [4.69, 9.17) is 9.84 Å². The Morgan fingerprint density at radius 3 is 2.19 bits per heavy atom. The summed E-state index contributed by atoms with van der Waals surface area (Å²) in [7, 11) is 0. The molecule has 0 heterocycles. The highest BCUT2D eigenvalue weighted by atomic mass is 16.5. The molecule has 7 nitrogen and oxygen atoms in total. The van der Waals surface area contributed by atoms with Crippen molar-refractivity contribution >= 4 is 23.3 Å². The lowest BCUT2D eigenvalue weighted by atomic mass is 9.87. The molecule has 0 fully saturated rings. The van der Waals surface area contributed by atoms with E-state index in [9.17, 15) is 24.6 Å². The Morgan fingerprint density at radius 1 is 1.00 bits per heavy atom. The molecule has 0 saturated heterocycles. The molecular weight excluding hydrogens is 412 g/mol. The molecule has 0 bridgehead atoms. The quantitative estimate of drug-likeness (QED) is 0.361. The largest absolute Gasteiger partial charge is 0.508 e. The van der Waals surface area contributed by atoms with Crippen molar-refractivity contribution in [3.63, 3.8) is 0 Å². The van der Waals surface area contributed by atoms with Crippen LogP contribution in [-0.2, 0) is 9.53 Å². The van der Waals surface area contributed by atoms with E-state index in [1.165, 1.54) is 6.07 Å². The standard InChI is InChI=1S/C15H14O3.C10H12O4/c1-9(2)7-8-12-13(16)10-5-3-4-6-11(10)14(17)15(12)18;1-3-14-10(13)9-6(2)4-7(11)5-8(9)12/h3-7,16H,8H2,1-2H3;4-5,11-12H,3H2,1-2H3. The van der Waals surface area contributed by atoms with Crippen LogP contribution >= 0.6 is 0 Å². The number of aryl methyl sites for hydroxylation is 1. The number of carbonyl (C=O) groups is 3. The molecule has 0 unspecified atom stereocenters. The topological polar surface area (TPSA) is 121 Å². The fourth-order valence-electron chi connectivity index (χ4n) is 3.13. The van der Waals surface area contributed by atoms with Gasteiger partial charge in [0, 0.05) is 22.8 Å². The molecule has 3 rings (SSSR count). The summed E-state index contributed by atoms with van der Waals surface area (Å²) < 4.78 is 4.75. The molecule has 7 heteroatoms. The smallest absolute Gasteiger partial charge is 0.342 e. The first-order valence-corrected chi connectivity index (χ1v) is 10.0. The van der Waals surface area contributed by atoms with Crippen molar-refractivity contribution in [1.82, 2.24) is 0 Å². The summed E-state index contributed by atoms with van der Waals surface area (Å²) in [5, 5.41) is 28.6. The average molecular weight is 438 g/mol. The van der Waals surface area contributed by atoms with Gasteiger partial charge in [0.15, 0.2) is 0 Å². The second kappa shape index (κ2) is 10.4. The second-order valence-corrected chi connectivity index (χ2v) is 7.39. The highest BCUT2D eigenvalue weighted by Crippen LogP contribution is 2.29. The number of fused-ring (bicyclic) bond motifs is 1. The van der Waals surface area contributed by atoms with E-state index >= 15 is 0 Å². The van der Waals surface area contributed by atoms with Gasteiger partial charge in [-0.2, -0.15) is 0 Å². The van der Waals surface area contributed by atoms with Crippen molar-refractivity contribution in [3.05, 3.63) is 75.9 Å². The predicted molar refractivity (Wildman–Crippen MR) is 120 cm³/mol. The summed E-state index contributed by atoms with van der Waals surface area (Å²) in [6.07, 6.45) is 2.11. The number of ketones is 2. The minimum absolute atomic E-state index is 0.0759. The Bertz CT molecular complexity index is 1100. The van der Waals surface area contributed by atoms with Crippen LogP contribution in [0.15, 0.2) is 53.6 Å². The molecule has 1 aliphatic carbocycles. The first kappa shape index (κ1) is 24.4. The molecule has 0 aliphatic heterocycles. The Balaban J connectivity index is 0.000000235. The Kier molecular flexibility index (Phi) is 7.96. The number of aliphatic hydroxyl groups is 1. The van der Waals surface area contributed by atoms with Gasteiger partial charge < -0.3 is 20.1 Å². The third-order valence-corrected chi connectivity index (χ3v) is 4.69. The maximum atomic E-state index is 11.9. The fourth-order valence-corrected chi connectivity index (χ4v) is 3.13. The first-order chi connectivity index (χ1) is 15.1. The third-order valence-electron chi connectivity index (χ3n) is 4.69. The molecule has 168 valence electrons. The number of Topliss-reactive ketones (excluding diaryl/α,β-unsaturated/α-hetero) is 2. The number of hydrogen-bond acceptors (Lipinski definition) is 7. The van der Waals surface area contributed by atoms with Gasteiger partial charge in [0.05, 0.1) is 6.61 Å². The van der Waals surface area contributed by atoms with Crippen LogP contribution in [0.5, 0.6) is 11.5 Å². The summed E-state index contributed by atoms with van der Waals surface area (Å²) >= 11 is 0. The van der Waals surface area contributed by atoms with Crippen LogP contribution in [0.25, 0.3) is 5.76 Å². The number of carbonyl (C=O) groups excluding carboxylic acids is 3. The molecule has 2 aromatic carbocycles. The summed E-state index contributed by atoms with van der Waals surface area (Å²) in [6.45, 7) is 7.36. The van der Waals surface area contributed by atoms with Crippen LogP contribution in [0.4, 0.5) is 0 Å². The lowest BCUT2D eigenvalue weighted by molar-refractivity contribution is -0.112. The van der Waals surface area contributed by atoms with Crippen LogP contribution in [0.1, 0.15) is 59.0 Å². The van der Waals surface area contributed by atoms with Crippen LogP contribution in [0.2, 0.25) is 0 Å². The maximum Gasteiger partial charge on any atom is 0.342 e. The Labute approximate surface area is 186 Å². The van der Waals surface area contributed by atoms with E-state index in [-0.39, 0.29) is 47.0 Å². The summed E-state index contributed by atoms with van der Waals surface area (Å²) in [4.78, 5) is 35.1. The number of hydrogen-bond donors (Lipinski definition) is 3. The normalized spacial score (nSPS) is 12.5. The zero-order chi connectivity index (χ0) is 24.0. The van der Waals surface area contributed by atoms with Crippen molar-refractivity contribution in [3.8, 4) is 11.5 Å². The molecule has 0 radical (unpaired) electrons. The van der Waals surface area contributed by atoms with Gasteiger partial charge >= 0.3 is 5.97 Å². The van der Waals surface area contributed by atoms with Gasteiger partial charge in [-0.15, -0.1) is 0 Å². The van der Waals surface area contributed by atoms with Gasteiger partial charge in [-0.25, -0.2) is 4.79 Å². The van der Waals surface area contributed by atoms with Crippen LogP contribution in [-0.4, -0.2) is 39.5 Å². The lowest BCUT2D eigenvalue weighted by Crippen LogP contribution is -2.23. The number of ether oxygens (including phenoxy) is 1. The van der Waals surface area contributed by atoms with Crippen molar-refractivity contribution in [2.24, 2.45) is 0 Å². The molecule has 0 spiro atoms. The molecule has 0 saturated carbocycles. The van der Waals surface area contributed by atoms with E-state index in [2.05, 4.69) is 0 Å². The molecular formula is C25H26O7. The SMILES string of the molecule is CC(C)=CCC1=C(O)c2ccccc2C(=O)C1=O.CCOC(=O)c1c(C)cc(O)cc1O. The van der Waals surface area contributed by atoms with E-state index in [0.29, 0.717) is 11.1 Å². The van der Waals surface area contributed by atoms with E-state index in [0.717, 1.165) is 11.6 Å². The zero-order valence-corrected chi connectivity index (χ0v) is 18.4. The summed E-state index contributed by atoms with van der Waals surface area (Å²) in [6, 6.07) is 9.13. The minimum Gasteiger partial charge on any atom is -0.508 e. The lowest BCUT2D eigenvalue weighted by Gasteiger charge is -2.16. The first-order valence-electron chi connectivity index (χ1n) is 10.0. The molecule has 1 aliphatic rings. The number of rotatable bonds is 4. The molecule has 0 atom stereocenters. The second-order valence-electron chi connectivity index (χ2n) is 7.39. The zero-order valence-electron chi connectivity index (χ0n) is 18.4. The van der Waals surface area contributed by atoms with Gasteiger partial charge in [0.25, 0.3) is 0 Å². The maximum absolute atomic E-state index is 11.9.